The van der Waals surface area contributed by atoms with Crippen LogP contribution in [0.25, 0.3) is 6.08 Å². The molecular formula is C12H10BrClFe-2. The molecular weight excluding hydrogens is 315 g/mol. The third-order valence-corrected chi connectivity index (χ3v) is 2.22. The fourth-order valence-electron chi connectivity index (χ4n) is 0.923. The van der Waals surface area contributed by atoms with Crippen LogP contribution in [-0.4, -0.2) is 0 Å². The minimum atomic E-state index is 0. The summed E-state index contributed by atoms with van der Waals surface area (Å²) in [4.78, 5) is 0. The van der Waals surface area contributed by atoms with E-state index in [0.29, 0.717) is 0 Å². The van der Waals surface area contributed by atoms with Crippen molar-refractivity contribution in [2.24, 2.45) is 0 Å². The molecule has 3 heteroatoms. The minimum Gasteiger partial charge on any atom is -0.213 e. The van der Waals surface area contributed by atoms with Crippen molar-refractivity contribution < 1.29 is 17.1 Å². The van der Waals surface area contributed by atoms with Gasteiger partial charge in [0.15, 0.2) is 0 Å². The van der Waals surface area contributed by atoms with Gasteiger partial charge in [0.05, 0.1) is 0 Å². The molecule has 0 atom stereocenters. The summed E-state index contributed by atoms with van der Waals surface area (Å²) in [6.45, 7) is 0. The zero-order valence-electron chi connectivity index (χ0n) is 7.88. The Bertz CT molecular complexity index is 349. The smallest absolute Gasteiger partial charge is 0 e. The van der Waals surface area contributed by atoms with Crippen molar-refractivity contribution in [2.75, 3.05) is 0 Å². The number of halogens is 2. The summed E-state index contributed by atoms with van der Waals surface area (Å²) >= 11 is 8.59. The molecule has 0 aliphatic rings. The van der Waals surface area contributed by atoms with E-state index in [2.05, 4.69) is 15.9 Å². The van der Waals surface area contributed by atoms with Crippen LogP contribution in [-0.2, 0) is 17.1 Å². The van der Waals surface area contributed by atoms with E-state index in [4.69, 9.17) is 11.6 Å². The Morgan fingerprint density at radius 3 is 1.73 bits per heavy atom. The first-order valence-corrected chi connectivity index (χ1v) is 5.41. The van der Waals surface area contributed by atoms with Gasteiger partial charge < -0.3 is 0 Å². The van der Waals surface area contributed by atoms with Crippen LogP contribution in [0.1, 0.15) is 5.56 Å². The van der Waals surface area contributed by atoms with E-state index in [1.807, 2.05) is 54.6 Å². The molecule has 0 spiro atoms. The first kappa shape index (κ1) is 14.7. The monoisotopic (exact) mass is 324 g/mol. The molecule has 0 unspecified atom stereocenters. The fraction of sp³-hybridized carbons (Fsp3) is 0. The Hall–Kier alpha value is -0.271. The minimum absolute atomic E-state index is 0. The Morgan fingerprint density at radius 1 is 0.933 bits per heavy atom. The van der Waals surface area contributed by atoms with Crippen molar-refractivity contribution in [2.45, 2.75) is 0 Å². The predicted octanol–water partition coefficient (Wildman–Crippen LogP) is 4.78. The van der Waals surface area contributed by atoms with Crippen molar-refractivity contribution in [1.29, 1.82) is 0 Å². The van der Waals surface area contributed by atoms with Crippen LogP contribution in [0.4, 0.5) is 0 Å². The molecule has 0 nitrogen and oxygen atoms in total. The molecule has 0 aliphatic heterocycles. The van der Waals surface area contributed by atoms with Crippen LogP contribution in [0.15, 0.2) is 58.5 Å². The zero-order chi connectivity index (χ0) is 10.2. The maximum Gasteiger partial charge on any atom is 0 e. The maximum atomic E-state index is 5.31. The van der Waals surface area contributed by atoms with E-state index in [1.165, 1.54) is 5.54 Å². The molecule has 0 saturated heterocycles. The second kappa shape index (κ2) is 8.99. The third kappa shape index (κ3) is 6.75. The van der Waals surface area contributed by atoms with Crippen molar-refractivity contribution in [3.63, 3.8) is 0 Å². The van der Waals surface area contributed by atoms with Gasteiger partial charge in [0, 0.05) is 17.1 Å². The van der Waals surface area contributed by atoms with Crippen LogP contribution in [0.5, 0.6) is 0 Å². The average Bonchev–Trinajstić information content (AvgIpc) is 2.79. The van der Waals surface area contributed by atoms with Gasteiger partial charge in [-0.2, -0.15) is 35.9 Å². The van der Waals surface area contributed by atoms with Gasteiger partial charge in [-0.1, -0.05) is 10.0 Å². The average molecular weight is 325 g/mol. The van der Waals surface area contributed by atoms with Crippen molar-refractivity contribution >= 4 is 33.6 Å². The predicted molar refractivity (Wildman–Crippen MR) is 66.7 cm³/mol. The molecule has 2 rings (SSSR count). The summed E-state index contributed by atoms with van der Waals surface area (Å²) in [7, 11) is 0. The molecule has 0 bridgehead atoms. The maximum absolute atomic E-state index is 5.31. The Balaban J connectivity index is 0.000000253. The number of hydrogen-bond acceptors (Lipinski definition) is 0. The van der Waals surface area contributed by atoms with Gasteiger partial charge >= 0.3 is 0 Å². The van der Waals surface area contributed by atoms with Gasteiger partial charge in [-0.05, 0) is 0 Å². The van der Waals surface area contributed by atoms with Crippen LogP contribution in [0, 0.1) is 0 Å². The van der Waals surface area contributed by atoms with Gasteiger partial charge in [-0.25, -0.2) is 12.1 Å². The molecule has 0 saturated carbocycles. The quantitative estimate of drug-likeness (QED) is 0.523. The largest absolute Gasteiger partial charge is 0.213 e. The summed E-state index contributed by atoms with van der Waals surface area (Å²) in [5, 5.41) is 0. The topological polar surface area (TPSA) is 0 Å². The molecule has 0 heterocycles. The van der Waals surface area contributed by atoms with E-state index < -0.39 is 0 Å². The Kier molecular flexibility index (Phi) is 8.83. The van der Waals surface area contributed by atoms with Crippen LogP contribution in [0.3, 0.4) is 0 Å². The molecule has 0 aliphatic carbocycles. The molecule has 0 amide bonds. The molecule has 15 heavy (non-hydrogen) atoms. The van der Waals surface area contributed by atoms with E-state index in [9.17, 15) is 0 Å². The summed E-state index contributed by atoms with van der Waals surface area (Å²) in [5.74, 6) is 0. The zero-order valence-corrected chi connectivity index (χ0v) is 11.3. The SMILES string of the molecule is Br[c-]1cccc1.ClC=C[c-]1cccc1.[Fe]. The summed E-state index contributed by atoms with van der Waals surface area (Å²) in [5.41, 5.74) is 2.66. The van der Waals surface area contributed by atoms with Gasteiger partial charge in [0.25, 0.3) is 0 Å². The Labute approximate surface area is 114 Å². The molecule has 2 aromatic carbocycles. The second-order valence-corrected chi connectivity index (χ2v) is 3.78. The van der Waals surface area contributed by atoms with E-state index in [0.717, 1.165) is 10.0 Å². The molecule has 0 N–H and O–H groups in total. The van der Waals surface area contributed by atoms with Crippen molar-refractivity contribution in [3.8, 4) is 0 Å². The van der Waals surface area contributed by atoms with Gasteiger partial charge in [-0.15, -0.1) is 39.7 Å². The number of rotatable bonds is 1. The first-order valence-electron chi connectivity index (χ1n) is 4.18. The van der Waals surface area contributed by atoms with Gasteiger partial charge in [0.2, 0.25) is 0 Å². The second-order valence-electron chi connectivity index (χ2n) is 2.61. The molecule has 0 radical (unpaired) electrons. The van der Waals surface area contributed by atoms with Crippen molar-refractivity contribution in [3.05, 3.63) is 64.1 Å². The van der Waals surface area contributed by atoms with Crippen molar-refractivity contribution in [1.82, 2.24) is 0 Å². The number of hydrogen-bond donors (Lipinski definition) is 0. The molecule has 82 valence electrons. The van der Waals surface area contributed by atoms with E-state index in [-0.39, 0.29) is 17.1 Å². The normalized spacial score (nSPS) is 9.20. The van der Waals surface area contributed by atoms with Gasteiger partial charge in [0.1, 0.15) is 0 Å². The molecule has 0 fully saturated rings. The molecule has 2 aromatic rings. The molecule has 0 aromatic heterocycles. The van der Waals surface area contributed by atoms with E-state index >= 15 is 0 Å². The Morgan fingerprint density at radius 2 is 1.40 bits per heavy atom. The van der Waals surface area contributed by atoms with Gasteiger partial charge in [-0.3, -0.25) is 0 Å². The standard InChI is InChI=1S/C7H6Cl.C5H4Br.Fe/c8-6-5-7-3-1-2-4-7;6-5-3-1-2-4-5;/h1-6H;1-4H;/q2*-1;. The first-order chi connectivity index (χ1) is 6.83. The summed E-state index contributed by atoms with van der Waals surface area (Å²) in [6, 6.07) is 15.9. The van der Waals surface area contributed by atoms with Crippen LogP contribution >= 0.6 is 27.5 Å². The van der Waals surface area contributed by atoms with Crippen LogP contribution < -0.4 is 0 Å². The van der Waals surface area contributed by atoms with E-state index in [1.54, 1.807) is 0 Å². The summed E-state index contributed by atoms with van der Waals surface area (Å²) in [6.07, 6.45) is 1.85. The third-order valence-electron chi connectivity index (χ3n) is 1.57. The summed E-state index contributed by atoms with van der Waals surface area (Å²) < 4.78 is 1.16. The van der Waals surface area contributed by atoms with Crippen LogP contribution in [0.2, 0.25) is 0 Å². The fourth-order valence-corrected chi connectivity index (χ4v) is 1.37.